The minimum atomic E-state index is -0.821. The maximum Gasteiger partial charge on any atom is 0.330 e. The second-order valence-electron chi connectivity index (χ2n) is 20.1. The van der Waals surface area contributed by atoms with Crippen LogP contribution < -0.4 is 21.9 Å². The van der Waals surface area contributed by atoms with Crippen molar-refractivity contribution in [2.45, 2.75) is 175 Å². The topological polar surface area (TPSA) is 175 Å². The van der Waals surface area contributed by atoms with E-state index in [2.05, 4.69) is 56.3 Å². The quantitative estimate of drug-likeness (QED) is 0.0583. The van der Waals surface area contributed by atoms with Crippen LogP contribution in [0.2, 0.25) is 0 Å². The first kappa shape index (κ1) is 47.5. The third-order valence-electron chi connectivity index (χ3n) is 15.8. The first-order chi connectivity index (χ1) is 29.6. The summed E-state index contributed by atoms with van der Waals surface area (Å²) >= 11 is 0. The molecule has 2 amide bonds. The van der Waals surface area contributed by atoms with Crippen LogP contribution in [-0.2, 0) is 33.4 Å². The predicted molar refractivity (Wildman–Crippen MR) is 238 cm³/mol. The van der Waals surface area contributed by atoms with E-state index < -0.39 is 41.6 Å². The minimum Gasteiger partial charge on any atom is -0.462 e. The van der Waals surface area contributed by atoms with Crippen LogP contribution >= 0.6 is 0 Å². The molecule has 2 heterocycles. The Morgan fingerprint density at radius 1 is 0.968 bits per heavy atom. The molecule has 3 unspecified atom stereocenters. The number of allylic oxidation sites excluding steroid dienone is 1. The van der Waals surface area contributed by atoms with E-state index in [0.29, 0.717) is 24.2 Å². The Hall–Kier alpha value is -4.00. The highest BCUT2D eigenvalue weighted by Crippen LogP contribution is 2.67. The number of rotatable bonds is 18. The smallest absolute Gasteiger partial charge is 0.330 e. The minimum absolute atomic E-state index is 0.00328. The van der Waals surface area contributed by atoms with Crippen molar-refractivity contribution in [2.24, 2.45) is 46.3 Å². The van der Waals surface area contributed by atoms with Gasteiger partial charge in [-0.05, 0) is 110 Å². The van der Waals surface area contributed by atoms with E-state index in [1.165, 1.54) is 80.5 Å². The average molecular weight is 863 g/mol. The lowest BCUT2D eigenvalue weighted by molar-refractivity contribution is -0.153. The van der Waals surface area contributed by atoms with Crippen molar-refractivity contribution in [3.8, 4) is 0 Å². The molecule has 344 valence electrons. The molecule has 11 atom stereocenters. The van der Waals surface area contributed by atoms with Gasteiger partial charge in [-0.1, -0.05) is 72.5 Å². The van der Waals surface area contributed by atoms with Gasteiger partial charge in [0.15, 0.2) is 0 Å². The molecule has 3 saturated carbocycles. The number of carbonyl (C=O) groups is 4. The fourth-order valence-electron chi connectivity index (χ4n) is 12.4. The Labute approximate surface area is 368 Å². The largest absolute Gasteiger partial charge is 0.462 e. The van der Waals surface area contributed by atoms with Crippen molar-refractivity contribution < 1.29 is 33.4 Å². The zero-order valence-corrected chi connectivity index (χ0v) is 38.4. The monoisotopic (exact) mass is 863 g/mol. The number of nitrogens with one attached hydrogen (secondary N) is 3. The number of ether oxygens (including phenoxy) is 3. The summed E-state index contributed by atoms with van der Waals surface area (Å²) in [4.78, 5) is 77.2. The zero-order valence-electron chi connectivity index (χ0n) is 38.4. The van der Waals surface area contributed by atoms with E-state index in [1.807, 2.05) is 6.92 Å². The molecule has 4 fully saturated rings. The number of carbonyl (C=O) groups excluding carboxylic acids is 4. The van der Waals surface area contributed by atoms with Crippen LogP contribution in [0.25, 0.3) is 6.08 Å². The molecule has 4 aliphatic carbocycles. The van der Waals surface area contributed by atoms with Gasteiger partial charge in [0.1, 0.15) is 18.4 Å². The predicted octanol–water partition coefficient (Wildman–Crippen LogP) is 7.53. The summed E-state index contributed by atoms with van der Waals surface area (Å²) in [6.07, 6.45) is 18.9. The molecule has 1 aromatic rings. The van der Waals surface area contributed by atoms with Crippen molar-refractivity contribution in [1.82, 2.24) is 20.2 Å². The van der Waals surface area contributed by atoms with Crippen LogP contribution in [0.15, 0.2) is 33.5 Å². The first-order valence-electron chi connectivity index (χ1n) is 23.8. The van der Waals surface area contributed by atoms with Crippen LogP contribution in [0.3, 0.4) is 0 Å². The molecule has 1 saturated heterocycles. The Bertz CT molecular complexity index is 1950. The number of H-pyrrole nitrogens is 1. The van der Waals surface area contributed by atoms with Gasteiger partial charge in [-0.25, -0.2) is 4.79 Å². The van der Waals surface area contributed by atoms with Crippen molar-refractivity contribution >= 4 is 29.8 Å². The summed E-state index contributed by atoms with van der Waals surface area (Å²) in [6.45, 7) is 14.5. The number of hydrogen-bond acceptors (Lipinski definition) is 9. The number of nitrogens with zero attached hydrogens (tertiary/aromatic N) is 1. The molecule has 0 bridgehead atoms. The number of aromatic nitrogens is 2. The molecule has 0 aromatic carbocycles. The maximum atomic E-state index is 13.0. The van der Waals surface area contributed by atoms with Crippen molar-refractivity contribution in [3.63, 3.8) is 0 Å². The van der Waals surface area contributed by atoms with Gasteiger partial charge < -0.3 is 24.8 Å². The fraction of sp³-hybridized carbons (Fsp3) is 0.755. The Morgan fingerprint density at radius 2 is 1.74 bits per heavy atom. The number of amides is 2. The SMILES string of the molecule is CC[C@H]1O[C@@H](n2cc(/C=C/C(=O)NCCCC(=O)O[C@H]3CC[C@@]4(C)C(=CCC5C4CC[C@@]4(C)C5CC[C@@H]4[C@H](C)CCCC(C)C)C3)c(=O)[nH]c2=O)C[C@H]1OC(=O)CCC(=O)NC. The number of fused-ring (bicyclic) bond motifs is 5. The third-order valence-corrected chi connectivity index (χ3v) is 15.8. The molecular weight excluding hydrogens is 789 g/mol. The van der Waals surface area contributed by atoms with Crippen LogP contribution in [0.5, 0.6) is 0 Å². The highest BCUT2D eigenvalue weighted by Gasteiger charge is 2.59. The summed E-state index contributed by atoms with van der Waals surface area (Å²) in [5.74, 6) is 3.20. The van der Waals surface area contributed by atoms with Gasteiger partial charge in [-0.3, -0.25) is 33.5 Å². The first-order valence-corrected chi connectivity index (χ1v) is 23.8. The lowest BCUT2D eigenvalue weighted by Gasteiger charge is -2.58. The van der Waals surface area contributed by atoms with Gasteiger partial charge in [-0.15, -0.1) is 0 Å². The summed E-state index contributed by atoms with van der Waals surface area (Å²) in [6, 6.07) is 0. The molecule has 5 aliphatic rings. The molecule has 6 rings (SSSR count). The standard InChI is InChI=1S/C49H74N4O9/c1-8-39-40(62-45(57)21-20-41(54)50-7)28-43(61-39)53-29-32(46(58)52-47(53)59)14-19-42(55)51-26-10-13-44(56)60-34-22-24-48(5)33(27-34)15-16-35-37-18-17-36(31(4)12-9-11-30(2)3)49(37,6)25-23-38(35)48/h14-15,19,29-31,34-40,43H,8-13,16-18,20-28H2,1-7H3,(H,50,54)(H,51,55)(H,52,58,59)/b19-14+/t31-,34+,35?,36-,37?,38?,39-,40-,43-,48+,49-/m1/s1. The average Bonchev–Trinajstić information content (AvgIpc) is 3.81. The summed E-state index contributed by atoms with van der Waals surface area (Å²) in [5, 5.41) is 5.22. The van der Waals surface area contributed by atoms with Crippen molar-refractivity contribution in [1.29, 1.82) is 0 Å². The third kappa shape index (κ3) is 10.8. The van der Waals surface area contributed by atoms with Gasteiger partial charge in [0.05, 0.1) is 18.1 Å². The van der Waals surface area contributed by atoms with E-state index in [1.54, 1.807) is 0 Å². The van der Waals surface area contributed by atoms with E-state index in [0.717, 1.165) is 55.3 Å². The molecule has 1 aliphatic heterocycles. The second-order valence-corrected chi connectivity index (χ2v) is 20.1. The Balaban J connectivity index is 0.938. The lowest BCUT2D eigenvalue weighted by atomic mass is 9.47. The van der Waals surface area contributed by atoms with Crippen LogP contribution in [-0.4, -0.2) is 65.2 Å². The molecule has 0 radical (unpaired) electrons. The maximum absolute atomic E-state index is 13.0. The number of hydrogen-bond donors (Lipinski definition) is 3. The second kappa shape index (κ2) is 20.7. The molecule has 3 N–H and O–H groups in total. The van der Waals surface area contributed by atoms with Gasteiger partial charge in [-0.2, -0.15) is 0 Å². The highest BCUT2D eigenvalue weighted by molar-refractivity contribution is 5.91. The van der Waals surface area contributed by atoms with Gasteiger partial charge in [0, 0.05) is 51.5 Å². The highest BCUT2D eigenvalue weighted by atomic mass is 16.6. The Morgan fingerprint density at radius 3 is 2.48 bits per heavy atom. The van der Waals surface area contributed by atoms with Crippen LogP contribution in [0.4, 0.5) is 0 Å². The van der Waals surface area contributed by atoms with E-state index in [4.69, 9.17) is 14.2 Å². The Kier molecular flexibility index (Phi) is 15.8. The zero-order chi connectivity index (χ0) is 44.8. The van der Waals surface area contributed by atoms with Gasteiger partial charge in [0.2, 0.25) is 11.8 Å². The normalized spacial score (nSPS) is 32.0. The molecule has 0 spiro atoms. The molecule has 13 nitrogen and oxygen atoms in total. The number of aromatic amines is 1. The van der Waals surface area contributed by atoms with Crippen LogP contribution in [0, 0.1) is 46.3 Å². The molecule has 62 heavy (non-hydrogen) atoms. The van der Waals surface area contributed by atoms with Gasteiger partial charge in [0.25, 0.3) is 5.56 Å². The molecule has 1 aromatic heterocycles. The fourth-order valence-corrected chi connectivity index (χ4v) is 12.4. The van der Waals surface area contributed by atoms with Crippen molar-refractivity contribution in [2.75, 3.05) is 13.6 Å². The van der Waals surface area contributed by atoms with Crippen LogP contribution in [0.1, 0.15) is 162 Å². The molecule has 13 heteroatoms. The van der Waals surface area contributed by atoms with Crippen molar-refractivity contribution in [3.05, 3.63) is 50.3 Å². The summed E-state index contributed by atoms with van der Waals surface area (Å²) in [5.41, 5.74) is 0.833. The van der Waals surface area contributed by atoms with E-state index in [-0.39, 0.29) is 61.2 Å². The van der Waals surface area contributed by atoms with E-state index >= 15 is 0 Å². The van der Waals surface area contributed by atoms with E-state index in [9.17, 15) is 28.8 Å². The summed E-state index contributed by atoms with van der Waals surface area (Å²) < 4.78 is 18.8. The van der Waals surface area contributed by atoms with Gasteiger partial charge >= 0.3 is 17.6 Å². The number of esters is 2. The summed E-state index contributed by atoms with van der Waals surface area (Å²) in [7, 11) is 1.49. The lowest BCUT2D eigenvalue weighted by Crippen LogP contribution is -2.51. The molecular formula is C49H74N4O9.